The monoisotopic (exact) mass is 222 g/mol. The predicted molar refractivity (Wildman–Crippen MR) is 65.5 cm³/mol. The van der Waals surface area contributed by atoms with E-state index in [0.717, 1.165) is 23.4 Å². The van der Waals surface area contributed by atoms with Crippen LogP contribution in [0.4, 0.5) is 0 Å². The van der Waals surface area contributed by atoms with Gasteiger partial charge in [0.15, 0.2) is 0 Å². The Bertz CT molecular complexity index is 378. The summed E-state index contributed by atoms with van der Waals surface area (Å²) < 4.78 is 1.85. The first-order valence-electron chi connectivity index (χ1n) is 5.92. The van der Waals surface area contributed by atoms with Gasteiger partial charge in [0, 0.05) is 31.1 Å². The van der Waals surface area contributed by atoms with Crippen molar-refractivity contribution in [3.8, 4) is 0 Å². The van der Waals surface area contributed by atoms with Crippen LogP contribution in [0.2, 0.25) is 0 Å². The molecule has 0 atom stereocenters. The van der Waals surface area contributed by atoms with E-state index in [9.17, 15) is 4.79 Å². The van der Waals surface area contributed by atoms with E-state index in [1.165, 1.54) is 0 Å². The number of hydrogen-bond donors (Lipinski definition) is 0. The van der Waals surface area contributed by atoms with Gasteiger partial charge in [-0.3, -0.25) is 9.48 Å². The summed E-state index contributed by atoms with van der Waals surface area (Å²) >= 11 is 0. The maximum absolute atomic E-state index is 11.8. The van der Waals surface area contributed by atoms with E-state index in [2.05, 4.69) is 18.9 Å². The maximum Gasteiger partial charge on any atom is 0.137 e. The fourth-order valence-corrected chi connectivity index (χ4v) is 1.81. The summed E-state index contributed by atoms with van der Waals surface area (Å²) in [7, 11) is 1.92. The van der Waals surface area contributed by atoms with Gasteiger partial charge in [-0.25, -0.2) is 0 Å². The summed E-state index contributed by atoms with van der Waals surface area (Å²) in [6.45, 7) is 8.28. The minimum absolute atomic E-state index is 0.327. The molecule has 0 aliphatic heterocycles. The van der Waals surface area contributed by atoms with Crippen LogP contribution in [-0.4, -0.2) is 15.6 Å². The van der Waals surface area contributed by atoms with Crippen LogP contribution in [-0.2, 0) is 18.3 Å². The normalized spacial score (nSPS) is 11.1. The van der Waals surface area contributed by atoms with E-state index >= 15 is 0 Å². The van der Waals surface area contributed by atoms with E-state index in [-0.39, 0.29) is 0 Å². The number of hydrogen-bond acceptors (Lipinski definition) is 2. The molecule has 0 bridgehead atoms. The van der Waals surface area contributed by atoms with Gasteiger partial charge in [0.2, 0.25) is 0 Å². The second-order valence-electron chi connectivity index (χ2n) is 4.92. The Morgan fingerprint density at radius 1 is 1.38 bits per heavy atom. The third-order valence-corrected chi connectivity index (χ3v) is 3.03. The van der Waals surface area contributed by atoms with E-state index in [4.69, 9.17) is 0 Å². The smallest absolute Gasteiger partial charge is 0.137 e. The first-order valence-corrected chi connectivity index (χ1v) is 5.92. The number of nitrogens with zero attached hydrogens (tertiary/aromatic N) is 2. The summed E-state index contributed by atoms with van der Waals surface area (Å²) in [5.74, 6) is 0.924. The Morgan fingerprint density at radius 2 is 2.00 bits per heavy atom. The lowest BCUT2D eigenvalue weighted by Gasteiger charge is -2.04. The molecule has 16 heavy (non-hydrogen) atoms. The molecule has 0 N–H and O–H groups in total. The second kappa shape index (κ2) is 5.28. The zero-order chi connectivity index (χ0) is 12.3. The number of ketones is 1. The van der Waals surface area contributed by atoms with Crippen molar-refractivity contribution >= 4 is 5.78 Å². The van der Waals surface area contributed by atoms with Crippen LogP contribution in [0.5, 0.6) is 0 Å². The van der Waals surface area contributed by atoms with Gasteiger partial charge in [0.25, 0.3) is 0 Å². The van der Waals surface area contributed by atoms with Crippen molar-refractivity contribution in [3.05, 3.63) is 17.0 Å². The molecular weight excluding hydrogens is 200 g/mol. The number of carbonyl (C=O) groups excluding carboxylic acids is 1. The fraction of sp³-hybridized carbons (Fsp3) is 0.692. The van der Waals surface area contributed by atoms with E-state index in [1.54, 1.807) is 0 Å². The number of aromatic nitrogens is 2. The predicted octanol–water partition coefficient (Wildman–Crippen LogP) is 2.58. The molecule has 0 aliphatic rings. The number of rotatable bonds is 5. The quantitative estimate of drug-likeness (QED) is 0.767. The molecule has 90 valence electrons. The molecule has 0 radical (unpaired) electrons. The summed E-state index contributed by atoms with van der Waals surface area (Å²) in [5, 5.41) is 4.32. The Balaban J connectivity index is 2.63. The molecule has 0 spiro atoms. The minimum atomic E-state index is 0.327. The molecule has 0 unspecified atom stereocenters. The lowest BCUT2D eigenvalue weighted by Crippen LogP contribution is -2.06. The molecule has 1 aromatic heterocycles. The zero-order valence-corrected chi connectivity index (χ0v) is 11.0. The molecule has 0 aliphatic carbocycles. The number of carbonyl (C=O) groups is 1. The van der Waals surface area contributed by atoms with Gasteiger partial charge < -0.3 is 0 Å². The second-order valence-corrected chi connectivity index (χ2v) is 4.92. The van der Waals surface area contributed by atoms with Crippen LogP contribution >= 0.6 is 0 Å². The summed E-state index contributed by atoms with van der Waals surface area (Å²) in [6.07, 6.45) is 2.21. The van der Waals surface area contributed by atoms with Crippen LogP contribution in [0.3, 0.4) is 0 Å². The van der Waals surface area contributed by atoms with Gasteiger partial charge in [0.05, 0.1) is 5.69 Å². The molecule has 3 nitrogen and oxygen atoms in total. The summed E-state index contributed by atoms with van der Waals surface area (Å²) in [4.78, 5) is 11.8. The molecule has 1 rings (SSSR count). The van der Waals surface area contributed by atoms with Gasteiger partial charge in [-0.15, -0.1) is 0 Å². The highest BCUT2D eigenvalue weighted by molar-refractivity contribution is 5.81. The van der Waals surface area contributed by atoms with Gasteiger partial charge in [-0.05, 0) is 26.2 Å². The highest BCUT2D eigenvalue weighted by atomic mass is 16.1. The zero-order valence-electron chi connectivity index (χ0n) is 11.0. The van der Waals surface area contributed by atoms with E-state index < -0.39 is 0 Å². The van der Waals surface area contributed by atoms with Gasteiger partial charge in [0.1, 0.15) is 5.78 Å². The fourth-order valence-electron chi connectivity index (χ4n) is 1.81. The largest absolute Gasteiger partial charge is 0.299 e. The molecule has 0 aromatic carbocycles. The van der Waals surface area contributed by atoms with Crippen LogP contribution in [0.25, 0.3) is 0 Å². The first-order chi connectivity index (χ1) is 7.41. The molecule has 1 aromatic rings. The van der Waals surface area contributed by atoms with Crippen molar-refractivity contribution in [1.29, 1.82) is 0 Å². The van der Waals surface area contributed by atoms with E-state index in [0.29, 0.717) is 24.5 Å². The molecule has 0 saturated heterocycles. The van der Waals surface area contributed by atoms with E-state index in [1.807, 2.05) is 25.6 Å². The Kier molecular flexibility index (Phi) is 4.27. The van der Waals surface area contributed by atoms with Crippen molar-refractivity contribution in [1.82, 2.24) is 9.78 Å². The van der Waals surface area contributed by atoms with Crippen molar-refractivity contribution < 1.29 is 4.79 Å². The molecular formula is C13H22N2O. The third-order valence-electron chi connectivity index (χ3n) is 3.03. The topological polar surface area (TPSA) is 34.9 Å². The highest BCUT2D eigenvalue weighted by Gasteiger charge is 2.13. The molecule has 0 amide bonds. The molecule has 1 heterocycles. The van der Waals surface area contributed by atoms with Crippen LogP contribution in [0.1, 0.15) is 43.6 Å². The molecule has 3 heteroatoms. The number of Topliss-reactive ketones (excluding diaryl/α,β-unsaturated/α-hetero) is 1. The van der Waals surface area contributed by atoms with Crippen LogP contribution < -0.4 is 0 Å². The summed E-state index contributed by atoms with van der Waals surface area (Å²) in [6, 6.07) is 0. The minimum Gasteiger partial charge on any atom is -0.299 e. The number of aryl methyl sites for hydroxylation is 2. The average molecular weight is 222 g/mol. The van der Waals surface area contributed by atoms with Gasteiger partial charge in [-0.1, -0.05) is 13.8 Å². The maximum atomic E-state index is 11.8. The Hall–Kier alpha value is -1.12. The lowest BCUT2D eigenvalue weighted by molar-refractivity contribution is -0.118. The van der Waals surface area contributed by atoms with Crippen molar-refractivity contribution in [2.75, 3.05) is 0 Å². The van der Waals surface area contributed by atoms with Crippen LogP contribution in [0, 0.1) is 19.8 Å². The molecule has 0 saturated carbocycles. The Morgan fingerprint density at radius 3 is 2.44 bits per heavy atom. The standard InChI is InChI=1S/C13H22N2O/c1-9(2)6-7-12(16)8-13-10(3)14-15(5)11(13)4/h9H,6-8H2,1-5H3. The van der Waals surface area contributed by atoms with Crippen molar-refractivity contribution in [2.24, 2.45) is 13.0 Å². The van der Waals surface area contributed by atoms with Crippen LogP contribution in [0.15, 0.2) is 0 Å². The third kappa shape index (κ3) is 3.19. The van der Waals surface area contributed by atoms with Crippen molar-refractivity contribution in [3.63, 3.8) is 0 Å². The molecule has 0 fully saturated rings. The highest BCUT2D eigenvalue weighted by Crippen LogP contribution is 2.14. The SMILES string of the molecule is Cc1nn(C)c(C)c1CC(=O)CCC(C)C. The summed E-state index contributed by atoms with van der Waals surface area (Å²) in [5.41, 5.74) is 3.20. The van der Waals surface area contributed by atoms with Crippen molar-refractivity contribution in [2.45, 2.75) is 47.0 Å². The lowest BCUT2D eigenvalue weighted by atomic mass is 10.0. The van der Waals surface area contributed by atoms with Gasteiger partial charge >= 0.3 is 0 Å². The average Bonchev–Trinajstić information content (AvgIpc) is 2.42. The first kappa shape index (κ1) is 12.9. The van der Waals surface area contributed by atoms with Gasteiger partial charge in [-0.2, -0.15) is 5.10 Å². The Labute approximate surface area is 97.8 Å².